The van der Waals surface area contributed by atoms with Gasteiger partial charge in [-0.2, -0.15) is 4.31 Å². The maximum absolute atomic E-state index is 11.7. The number of aliphatic hydroxyl groups is 1. The molecule has 1 aliphatic heterocycles. The summed E-state index contributed by atoms with van der Waals surface area (Å²) in [5.41, 5.74) is -0.615. The van der Waals surface area contributed by atoms with E-state index < -0.39 is 27.9 Å². The summed E-state index contributed by atoms with van der Waals surface area (Å²) in [5, 5.41) is 9.72. The normalized spacial score (nSPS) is 22.9. The summed E-state index contributed by atoms with van der Waals surface area (Å²) in [6, 6.07) is 0. The van der Waals surface area contributed by atoms with Crippen LogP contribution in [0.4, 0.5) is 4.79 Å². The van der Waals surface area contributed by atoms with Crippen LogP contribution in [0.15, 0.2) is 0 Å². The van der Waals surface area contributed by atoms with E-state index in [0.29, 0.717) is 0 Å². The highest BCUT2D eigenvalue weighted by Gasteiger charge is 2.34. The van der Waals surface area contributed by atoms with E-state index in [1.165, 1.54) is 4.90 Å². The second kappa shape index (κ2) is 5.02. The highest BCUT2D eigenvalue weighted by atomic mass is 32.2. The van der Waals surface area contributed by atoms with E-state index in [9.17, 15) is 18.3 Å². The number of amides is 1. The number of rotatable bonds is 1. The van der Waals surface area contributed by atoms with Crippen molar-refractivity contribution in [2.24, 2.45) is 0 Å². The van der Waals surface area contributed by atoms with Crippen molar-refractivity contribution < 1.29 is 23.1 Å². The Hall–Kier alpha value is -0.860. The maximum atomic E-state index is 11.7. The zero-order valence-electron chi connectivity index (χ0n) is 11.1. The van der Waals surface area contributed by atoms with Crippen molar-refractivity contribution in [3.8, 4) is 0 Å². The number of β-amino-alcohol motifs (C(OH)–C–C–N with tert-alkyl or cyclic N) is 1. The Labute approximate surface area is 107 Å². The number of hydrogen-bond donors (Lipinski definition) is 1. The lowest BCUT2D eigenvalue weighted by Crippen LogP contribution is -2.56. The minimum Gasteiger partial charge on any atom is -0.444 e. The van der Waals surface area contributed by atoms with Gasteiger partial charge in [-0.25, -0.2) is 13.2 Å². The van der Waals surface area contributed by atoms with Gasteiger partial charge in [0.15, 0.2) is 0 Å². The molecule has 1 N–H and O–H groups in total. The summed E-state index contributed by atoms with van der Waals surface area (Å²) < 4.78 is 28.8. The molecule has 0 saturated carbocycles. The summed E-state index contributed by atoms with van der Waals surface area (Å²) in [5.74, 6) is 0. The molecule has 0 aromatic rings. The van der Waals surface area contributed by atoms with Gasteiger partial charge in [-0.05, 0) is 20.8 Å². The molecule has 0 aliphatic carbocycles. The third kappa shape index (κ3) is 4.11. The number of hydrogen-bond acceptors (Lipinski definition) is 5. The van der Waals surface area contributed by atoms with E-state index in [1.807, 2.05) is 0 Å². The van der Waals surface area contributed by atoms with Crippen LogP contribution in [0.3, 0.4) is 0 Å². The monoisotopic (exact) mass is 280 g/mol. The summed E-state index contributed by atoms with van der Waals surface area (Å²) in [6.45, 7) is 5.43. The standard InChI is InChI=1S/C10H20N2O5S/c1-10(2,3)17-9(14)11-5-6-12(8(13)7-11)18(4,15)16/h8,13H,5-7H2,1-4H3. The third-order valence-electron chi connectivity index (χ3n) is 2.38. The number of sulfonamides is 1. The van der Waals surface area contributed by atoms with Gasteiger partial charge in [0, 0.05) is 13.1 Å². The first-order chi connectivity index (χ1) is 8.00. The van der Waals surface area contributed by atoms with Crippen molar-refractivity contribution >= 4 is 16.1 Å². The van der Waals surface area contributed by atoms with Crippen molar-refractivity contribution in [3.05, 3.63) is 0 Å². The van der Waals surface area contributed by atoms with Gasteiger partial charge in [0.25, 0.3) is 0 Å². The minimum absolute atomic E-state index is 0.0687. The number of aliphatic hydroxyl groups excluding tert-OH is 1. The van der Waals surface area contributed by atoms with E-state index >= 15 is 0 Å². The second-order valence-electron chi connectivity index (χ2n) is 5.28. The van der Waals surface area contributed by atoms with Crippen molar-refractivity contribution in [2.75, 3.05) is 25.9 Å². The third-order valence-corrected chi connectivity index (χ3v) is 3.66. The van der Waals surface area contributed by atoms with Crippen LogP contribution in [-0.2, 0) is 14.8 Å². The summed E-state index contributed by atoms with van der Waals surface area (Å²) in [4.78, 5) is 13.0. The van der Waals surface area contributed by atoms with Gasteiger partial charge in [-0.15, -0.1) is 0 Å². The van der Waals surface area contributed by atoms with Crippen LogP contribution in [0.1, 0.15) is 20.8 Å². The predicted octanol–water partition coefficient (Wildman–Crippen LogP) is -0.183. The Kier molecular flexibility index (Phi) is 4.24. The van der Waals surface area contributed by atoms with Crippen LogP contribution in [-0.4, -0.2) is 66.5 Å². The van der Waals surface area contributed by atoms with Crippen LogP contribution in [0, 0.1) is 0 Å². The molecule has 0 bridgehead atoms. The fourth-order valence-electron chi connectivity index (χ4n) is 1.63. The van der Waals surface area contributed by atoms with E-state index in [-0.39, 0.29) is 19.6 Å². The second-order valence-corrected chi connectivity index (χ2v) is 7.22. The molecular formula is C10H20N2O5S. The lowest BCUT2D eigenvalue weighted by Gasteiger charge is -2.37. The minimum atomic E-state index is -3.45. The lowest BCUT2D eigenvalue weighted by molar-refractivity contribution is -0.0276. The SMILES string of the molecule is CC(C)(C)OC(=O)N1CCN(S(C)(=O)=O)C(O)C1. The van der Waals surface area contributed by atoms with Gasteiger partial charge in [-0.3, -0.25) is 0 Å². The number of carbonyl (C=O) groups is 1. The molecule has 0 radical (unpaired) electrons. The van der Waals surface area contributed by atoms with E-state index in [4.69, 9.17) is 4.74 Å². The molecule has 1 atom stereocenters. The van der Waals surface area contributed by atoms with Gasteiger partial charge in [-0.1, -0.05) is 0 Å². The van der Waals surface area contributed by atoms with E-state index in [1.54, 1.807) is 20.8 Å². The molecule has 7 nitrogen and oxygen atoms in total. The smallest absolute Gasteiger partial charge is 0.410 e. The Morgan fingerprint density at radius 3 is 2.28 bits per heavy atom. The van der Waals surface area contributed by atoms with Gasteiger partial charge in [0.05, 0.1) is 12.8 Å². The largest absolute Gasteiger partial charge is 0.444 e. The summed E-state index contributed by atoms with van der Waals surface area (Å²) in [7, 11) is -3.45. The number of carbonyl (C=O) groups excluding carboxylic acids is 1. The molecule has 1 heterocycles. The first-order valence-corrected chi connectivity index (χ1v) is 7.48. The van der Waals surface area contributed by atoms with Gasteiger partial charge in [0.2, 0.25) is 10.0 Å². The van der Waals surface area contributed by atoms with Crippen LogP contribution in [0.2, 0.25) is 0 Å². The molecule has 1 fully saturated rings. The van der Waals surface area contributed by atoms with Crippen LogP contribution in [0.5, 0.6) is 0 Å². The molecule has 1 unspecified atom stereocenters. The molecule has 8 heteroatoms. The van der Waals surface area contributed by atoms with E-state index in [2.05, 4.69) is 0 Å². The quantitative estimate of drug-likeness (QED) is 0.720. The van der Waals surface area contributed by atoms with Crippen LogP contribution >= 0.6 is 0 Å². The summed E-state index contributed by atoms with van der Waals surface area (Å²) in [6.07, 6.45) is -0.740. The molecule has 106 valence electrons. The molecule has 0 aromatic heterocycles. The maximum Gasteiger partial charge on any atom is 0.410 e. The fraction of sp³-hybridized carbons (Fsp3) is 0.900. The molecule has 18 heavy (non-hydrogen) atoms. The highest BCUT2D eigenvalue weighted by Crippen LogP contribution is 2.15. The van der Waals surface area contributed by atoms with Gasteiger partial charge < -0.3 is 14.7 Å². The predicted molar refractivity (Wildman–Crippen MR) is 65.4 cm³/mol. The topological polar surface area (TPSA) is 87.2 Å². The zero-order valence-corrected chi connectivity index (χ0v) is 11.9. The zero-order chi connectivity index (χ0) is 14.1. The van der Waals surface area contributed by atoms with E-state index in [0.717, 1.165) is 10.6 Å². The number of piperazine rings is 1. The fourth-order valence-corrected chi connectivity index (χ4v) is 2.55. The molecule has 1 aliphatic rings. The average molecular weight is 280 g/mol. The molecule has 1 saturated heterocycles. The number of nitrogens with zero attached hydrogens (tertiary/aromatic N) is 2. The first-order valence-electron chi connectivity index (χ1n) is 5.63. The highest BCUT2D eigenvalue weighted by molar-refractivity contribution is 7.88. The number of ether oxygens (including phenoxy) is 1. The Balaban J connectivity index is 2.64. The molecule has 1 rings (SSSR count). The molecule has 0 spiro atoms. The van der Waals surface area contributed by atoms with Crippen molar-refractivity contribution in [1.82, 2.24) is 9.21 Å². The lowest BCUT2D eigenvalue weighted by atomic mass is 10.2. The summed E-state index contributed by atoms with van der Waals surface area (Å²) >= 11 is 0. The first kappa shape index (κ1) is 15.2. The molecular weight excluding hydrogens is 260 g/mol. The van der Waals surface area contributed by atoms with Gasteiger partial charge >= 0.3 is 6.09 Å². The van der Waals surface area contributed by atoms with Gasteiger partial charge in [0.1, 0.15) is 11.8 Å². The van der Waals surface area contributed by atoms with Crippen molar-refractivity contribution in [2.45, 2.75) is 32.6 Å². The van der Waals surface area contributed by atoms with Crippen LogP contribution < -0.4 is 0 Å². The molecule has 0 aromatic carbocycles. The van der Waals surface area contributed by atoms with Crippen molar-refractivity contribution in [1.29, 1.82) is 0 Å². The molecule has 1 amide bonds. The Morgan fingerprint density at radius 2 is 1.89 bits per heavy atom. The Morgan fingerprint density at radius 1 is 1.33 bits per heavy atom. The average Bonchev–Trinajstić information content (AvgIpc) is 2.12. The Bertz CT molecular complexity index is 414. The van der Waals surface area contributed by atoms with Crippen molar-refractivity contribution in [3.63, 3.8) is 0 Å². The van der Waals surface area contributed by atoms with Crippen LogP contribution in [0.25, 0.3) is 0 Å².